The summed E-state index contributed by atoms with van der Waals surface area (Å²) in [4.78, 5) is 28.1. The molecule has 3 rings (SSSR count). The second-order valence-electron chi connectivity index (χ2n) is 6.11. The van der Waals surface area contributed by atoms with Gasteiger partial charge in [-0.2, -0.15) is 0 Å². The van der Waals surface area contributed by atoms with Crippen LogP contribution in [0.15, 0.2) is 59.6 Å². The van der Waals surface area contributed by atoms with Gasteiger partial charge in [0.05, 0.1) is 13.0 Å². The fourth-order valence-corrected chi connectivity index (χ4v) is 3.26. The summed E-state index contributed by atoms with van der Waals surface area (Å²) < 4.78 is 10.6. The summed E-state index contributed by atoms with van der Waals surface area (Å²) in [5, 5.41) is 11.8. The predicted molar refractivity (Wildman–Crippen MR) is 99.7 cm³/mol. The summed E-state index contributed by atoms with van der Waals surface area (Å²) in [6.45, 7) is -0.656. The number of nitrogens with zero attached hydrogens (tertiary/aromatic N) is 2. The first-order chi connectivity index (χ1) is 13.0. The van der Waals surface area contributed by atoms with Crippen LogP contribution in [0.1, 0.15) is 17.0 Å². The Balaban J connectivity index is 2.11. The Hall–Kier alpha value is -2.93. The molecule has 0 aromatic heterocycles. The van der Waals surface area contributed by atoms with Gasteiger partial charge in [0.2, 0.25) is 18.0 Å². The van der Waals surface area contributed by atoms with E-state index in [0.29, 0.717) is 16.1 Å². The summed E-state index contributed by atoms with van der Waals surface area (Å²) in [5.74, 6) is -1.31. The second kappa shape index (κ2) is 7.75. The fourth-order valence-electron chi connectivity index (χ4n) is 3.13. The molecule has 2 aromatic rings. The van der Waals surface area contributed by atoms with Crippen LogP contribution in [0, 0.1) is 10.1 Å². The van der Waals surface area contributed by atoms with Crippen LogP contribution in [0.3, 0.4) is 0 Å². The molecule has 0 saturated carbocycles. The van der Waals surface area contributed by atoms with Crippen molar-refractivity contribution in [1.82, 2.24) is 0 Å². The lowest BCUT2D eigenvalue weighted by atomic mass is 9.80. The van der Waals surface area contributed by atoms with E-state index in [9.17, 15) is 14.9 Å². The van der Waals surface area contributed by atoms with E-state index < -0.39 is 28.9 Å². The number of carbonyl (C=O) groups is 1. The first-order valence-electron chi connectivity index (χ1n) is 8.20. The van der Waals surface area contributed by atoms with Gasteiger partial charge in [-0.25, -0.2) is 9.79 Å². The lowest BCUT2D eigenvalue weighted by Crippen LogP contribution is -2.47. The molecule has 0 N–H and O–H groups in total. The number of nitro groups is 1. The third kappa shape index (κ3) is 3.78. The van der Waals surface area contributed by atoms with Crippen molar-refractivity contribution in [1.29, 1.82) is 0 Å². The number of rotatable bonds is 6. The Morgan fingerprint density at radius 1 is 1.30 bits per heavy atom. The van der Waals surface area contributed by atoms with Crippen molar-refractivity contribution in [3.63, 3.8) is 0 Å². The van der Waals surface area contributed by atoms with Crippen LogP contribution in [0.5, 0.6) is 0 Å². The summed E-state index contributed by atoms with van der Waals surface area (Å²) in [6, 6.07) is 15.6. The zero-order valence-corrected chi connectivity index (χ0v) is 15.3. The van der Waals surface area contributed by atoms with E-state index in [1.54, 1.807) is 36.4 Å². The van der Waals surface area contributed by atoms with E-state index in [1.807, 2.05) is 18.2 Å². The molecule has 7 nitrogen and oxygen atoms in total. The summed E-state index contributed by atoms with van der Waals surface area (Å²) in [6.07, 6.45) is 0. The Morgan fingerprint density at radius 2 is 1.96 bits per heavy atom. The lowest BCUT2D eigenvalue weighted by molar-refractivity contribution is -0.484. The molecule has 0 fully saturated rings. The maximum atomic E-state index is 12.7. The average Bonchev–Trinajstić information content (AvgIpc) is 3.13. The molecule has 1 aliphatic rings. The summed E-state index contributed by atoms with van der Waals surface area (Å²) >= 11 is 5.93. The molecule has 0 saturated heterocycles. The molecule has 1 heterocycles. The molecule has 2 aromatic carbocycles. The number of esters is 1. The average molecular weight is 389 g/mol. The molecule has 140 valence electrons. The minimum Gasteiger partial charge on any atom is -0.474 e. The summed E-state index contributed by atoms with van der Waals surface area (Å²) in [5.41, 5.74) is -0.316. The quantitative estimate of drug-likeness (QED) is 0.431. The van der Waals surface area contributed by atoms with Crippen LogP contribution < -0.4 is 0 Å². The smallest absolute Gasteiger partial charge is 0.338 e. The van der Waals surface area contributed by atoms with Gasteiger partial charge in [-0.15, -0.1) is 0 Å². The molecule has 1 aliphatic heterocycles. The molecule has 0 radical (unpaired) electrons. The molecule has 0 bridgehead atoms. The van der Waals surface area contributed by atoms with Crippen LogP contribution in [-0.4, -0.2) is 42.6 Å². The van der Waals surface area contributed by atoms with Gasteiger partial charge in [0.25, 0.3) is 0 Å². The Kier molecular flexibility index (Phi) is 5.41. The molecule has 0 aliphatic carbocycles. The van der Waals surface area contributed by atoms with Crippen molar-refractivity contribution in [2.45, 2.75) is 11.5 Å². The number of benzene rings is 2. The number of halogens is 1. The van der Waals surface area contributed by atoms with E-state index >= 15 is 0 Å². The second-order valence-corrected chi connectivity index (χ2v) is 6.54. The number of methoxy groups -OCH3 is 1. The van der Waals surface area contributed by atoms with Crippen molar-refractivity contribution in [2.24, 2.45) is 4.99 Å². The number of hydrogen-bond donors (Lipinski definition) is 0. The van der Waals surface area contributed by atoms with Crippen molar-refractivity contribution in [3.05, 3.63) is 80.9 Å². The van der Waals surface area contributed by atoms with Crippen molar-refractivity contribution < 1.29 is 19.2 Å². The monoisotopic (exact) mass is 388 g/mol. The molecule has 8 heteroatoms. The highest BCUT2D eigenvalue weighted by Gasteiger charge is 2.54. The highest BCUT2D eigenvalue weighted by atomic mass is 35.5. The molecule has 0 unspecified atom stereocenters. The highest BCUT2D eigenvalue weighted by Crippen LogP contribution is 2.38. The standard InChI is InChI=1S/C19H17ClN2O5/c1-26-18(23)19(12-27-17(21-19)14-5-3-2-4-6-14)16(11-22(24)25)13-7-9-15(20)10-8-13/h2-10,16H,11-12H2,1H3/t16-,19-/m0/s1. The summed E-state index contributed by atoms with van der Waals surface area (Å²) in [7, 11) is 1.23. The topological polar surface area (TPSA) is 91.0 Å². The first-order valence-corrected chi connectivity index (χ1v) is 8.58. The SMILES string of the molecule is COC(=O)[C@@]1([C@@H](C[N+](=O)[O-])c2ccc(Cl)cc2)COC(c2ccccc2)=N1. The van der Waals surface area contributed by atoms with E-state index in [0.717, 1.165) is 0 Å². The van der Waals surface area contributed by atoms with E-state index in [4.69, 9.17) is 21.1 Å². The van der Waals surface area contributed by atoms with Gasteiger partial charge in [0.1, 0.15) is 6.61 Å². The molecular weight excluding hydrogens is 372 g/mol. The Morgan fingerprint density at radius 3 is 2.56 bits per heavy atom. The molecule has 27 heavy (non-hydrogen) atoms. The van der Waals surface area contributed by atoms with E-state index in [-0.39, 0.29) is 12.5 Å². The van der Waals surface area contributed by atoms with Gasteiger partial charge in [0, 0.05) is 15.5 Å². The Bertz CT molecular complexity index is 869. The van der Waals surface area contributed by atoms with Gasteiger partial charge >= 0.3 is 5.97 Å². The Labute approximate surface area is 160 Å². The predicted octanol–water partition coefficient (Wildman–Crippen LogP) is 3.09. The zero-order chi connectivity index (χ0) is 19.4. The van der Waals surface area contributed by atoms with Gasteiger partial charge in [-0.3, -0.25) is 10.1 Å². The number of hydrogen-bond acceptors (Lipinski definition) is 6. The van der Waals surface area contributed by atoms with Gasteiger partial charge in [-0.05, 0) is 29.8 Å². The molecular formula is C19H17ClN2O5. The maximum absolute atomic E-state index is 12.7. The van der Waals surface area contributed by atoms with Crippen LogP contribution >= 0.6 is 11.6 Å². The maximum Gasteiger partial charge on any atom is 0.338 e. The van der Waals surface area contributed by atoms with Crippen molar-refractivity contribution in [3.8, 4) is 0 Å². The fraction of sp³-hybridized carbons (Fsp3) is 0.263. The van der Waals surface area contributed by atoms with E-state index in [1.165, 1.54) is 7.11 Å². The minimum atomic E-state index is -1.55. The molecule has 2 atom stereocenters. The minimum absolute atomic E-state index is 0.148. The molecule has 0 spiro atoms. The number of ether oxygens (including phenoxy) is 2. The van der Waals surface area contributed by atoms with Crippen LogP contribution in [0.25, 0.3) is 0 Å². The third-order valence-electron chi connectivity index (χ3n) is 4.47. The van der Waals surface area contributed by atoms with Gasteiger partial charge in [0.15, 0.2) is 0 Å². The highest BCUT2D eigenvalue weighted by molar-refractivity contribution is 6.30. The van der Waals surface area contributed by atoms with Crippen LogP contribution in [-0.2, 0) is 14.3 Å². The van der Waals surface area contributed by atoms with Crippen molar-refractivity contribution >= 4 is 23.5 Å². The van der Waals surface area contributed by atoms with Gasteiger partial charge < -0.3 is 9.47 Å². The number of aliphatic imine (C=N–C) groups is 1. The van der Waals surface area contributed by atoms with Crippen LogP contribution in [0.4, 0.5) is 0 Å². The van der Waals surface area contributed by atoms with Crippen molar-refractivity contribution in [2.75, 3.05) is 20.3 Å². The lowest BCUT2D eigenvalue weighted by Gasteiger charge is -2.28. The zero-order valence-electron chi connectivity index (χ0n) is 14.5. The van der Waals surface area contributed by atoms with Crippen LogP contribution in [0.2, 0.25) is 5.02 Å². The third-order valence-corrected chi connectivity index (χ3v) is 4.72. The number of carbonyl (C=O) groups excluding carboxylic acids is 1. The van der Waals surface area contributed by atoms with Gasteiger partial charge in [-0.1, -0.05) is 41.9 Å². The first kappa shape index (κ1) is 18.8. The normalized spacial score (nSPS) is 19.7. The van der Waals surface area contributed by atoms with E-state index in [2.05, 4.69) is 4.99 Å². The molecule has 0 amide bonds. The largest absolute Gasteiger partial charge is 0.474 e.